The molecule has 4 aromatic rings. The molecule has 1 aliphatic heterocycles. The number of furan rings is 1. The summed E-state index contributed by atoms with van der Waals surface area (Å²) in [4.78, 5) is 40.3. The summed E-state index contributed by atoms with van der Waals surface area (Å²) in [7, 11) is 0. The average molecular weight is 482 g/mol. The molecule has 1 unspecified atom stereocenters. The Hall–Kier alpha value is -4.39. The van der Waals surface area contributed by atoms with Crippen molar-refractivity contribution < 1.29 is 18.8 Å². The minimum atomic E-state index is -0.334. The summed E-state index contributed by atoms with van der Waals surface area (Å²) >= 11 is 0. The van der Waals surface area contributed by atoms with E-state index in [2.05, 4.69) is 10.6 Å². The number of rotatable bonds is 6. The normalized spacial score (nSPS) is 15.4. The van der Waals surface area contributed by atoms with E-state index >= 15 is 0 Å². The smallest absolute Gasteiger partial charge is 0.291 e. The monoisotopic (exact) mass is 481 g/mol. The summed E-state index contributed by atoms with van der Waals surface area (Å²) in [6.07, 6.45) is 2.97. The van der Waals surface area contributed by atoms with Crippen LogP contribution >= 0.6 is 0 Å². The van der Waals surface area contributed by atoms with Crippen molar-refractivity contribution >= 4 is 34.2 Å². The number of nitrogens with one attached hydrogen (secondary N) is 2. The van der Waals surface area contributed by atoms with E-state index in [9.17, 15) is 14.4 Å². The quantitative estimate of drug-likeness (QED) is 0.412. The van der Waals surface area contributed by atoms with Crippen LogP contribution in [0.2, 0.25) is 0 Å². The third-order valence-electron chi connectivity index (χ3n) is 6.50. The van der Waals surface area contributed by atoms with Gasteiger partial charge in [0.05, 0.1) is 12.2 Å². The molecule has 0 saturated carbocycles. The number of hydrogen-bond donors (Lipinski definition) is 2. The zero-order valence-electron chi connectivity index (χ0n) is 19.8. The lowest BCUT2D eigenvalue weighted by Gasteiger charge is -2.32. The number of carbonyl (C=O) groups is 3. The van der Waals surface area contributed by atoms with Gasteiger partial charge in [-0.2, -0.15) is 0 Å². The SMILES string of the molecule is O=C(Nc1cccc(CNC(=O)C2CCCN(C(=O)c3cccc4ccccc34)C2)c1)c1ccco1. The Kier molecular flexibility index (Phi) is 6.80. The molecule has 182 valence electrons. The molecule has 1 aliphatic rings. The summed E-state index contributed by atoms with van der Waals surface area (Å²) in [6.45, 7) is 1.37. The minimum absolute atomic E-state index is 0.0377. The van der Waals surface area contributed by atoms with Crippen LogP contribution < -0.4 is 10.6 Å². The zero-order valence-corrected chi connectivity index (χ0v) is 19.8. The molecular weight excluding hydrogens is 454 g/mol. The standard InChI is InChI=1S/C29H27N3O4/c33-27(30-18-20-7-3-11-23(17-20)31-28(34)26-14-6-16-36-26)22-10-5-15-32(19-22)29(35)25-13-4-9-21-8-1-2-12-24(21)25/h1-4,6-9,11-14,16-17,22H,5,10,15,18-19H2,(H,30,33)(H,31,34). The van der Waals surface area contributed by atoms with E-state index in [0.717, 1.165) is 29.2 Å². The van der Waals surface area contributed by atoms with Crippen molar-refractivity contribution in [3.63, 3.8) is 0 Å². The molecule has 5 rings (SSSR count). The van der Waals surface area contributed by atoms with Crippen LogP contribution in [0.4, 0.5) is 5.69 Å². The van der Waals surface area contributed by atoms with E-state index in [-0.39, 0.29) is 29.4 Å². The third kappa shape index (κ3) is 5.15. The zero-order chi connectivity index (χ0) is 24.9. The highest BCUT2D eigenvalue weighted by atomic mass is 16.3. The second-order valence-corrected chi connectivity index (χ2v) is 8.97. The van der Waals surface area contributed by atoms with Gasteiger partial charge in [0, 0.05) is 30.9 Å². The van der Waals surface area contributed by atoms with E-state index < -0.39 is 0 Å². The van der Waals surface area contributed by atoms with Crippen molar-refractivity contribution in [3.05, 3.63) is 102 Å². The summed E-state index contributed by atoms with van der Waals surface area (Å²) in [5.74, 6) is -0.479. The van der Waals surface area contributed by atoms with Crippen LogP contribution in [-0.4, -0.2) is 35.7 Å². The van der Waals surface area contributed by atoms with Gasteiger partial charge in [-0.15, -0.1) is 0 Å². The maximum absolute atomic E-state index is 13.3. The first-order chi connectivity index (χ1) is 17.6. The van der Waals surface area contributed by atoms with E-state index in [4.69, 9.17) is 4.42 Å². The van der Waals surface area contributed by atoms with Crippen LogP contribution in [0.3, 0.4) is 0 Å². The van der Waals surface area contributed by atoms with Crippen molar-refractivity contribution in [2.75, 3.05) is 18.4 Å². The third-order valence-corrected chi connectivity index (χ3v) is 6.50. The maximum atomic E-state index is 13.3. The van der Waals surface area contributed by atoms with E-state index in [0.29, 0.717) is 30.9 Å². The van der Waals surface area contributed by atoms with Crippen molar-refractivity contribution in [1.29, 1.82) is 0 Å². The molecule has 0 spiro atoms. The largest absolute Gasteiger partial charge is 0.459 e. The lowest BCUT2D eigenvalue weighted by atomic mass is 9.95. The first-order valence-electron chi connectivity index (χ1n) is 12.1. The highest BCUT2D eigenvalue weighted by Gasteiger charge is 2.29. The molecule has 3 amide bonds. The van der Waals surface area contributed by atoms with Gasteiger partial charge in [0.25, 0.3) is 11.8 Å². The average Bonchev–Trinajstić information content (AvgIpc) is 3.47. The molecule has 1 atom stereocenters. The van der Waals surface area contributed by atoms with Gasteiger partial charge < -0.3 is 20.0 Å². The van der Waals surface area contributed by atoms with E-state index in [1.165, 1.54) is 6.26 Å². The van der Waals surface area contributed by atoms with Gasteiger partial charge in [0.15, 0.2) is 5.76 Å². The Balaban J connectivity index is 1.19. The Bertz CT molecular complexity index is 1390. The van der Waals surface area contributed by atoms with Gasteiger partial charge in [0.1, 0.15) is 0 Å². The molecule has 7 heteroatoms. The fraction of sp³-hybridized carbons (Fsp3) is 0.207. The van der Waals surface area contributed by atoms with Crippen LogP contribution in [-0.2, 0) is 11.3 Å². The number of amides is 3. The maximum Gasteiger partial charge on any atom is 0.291 e. The lowest BCUT2D eigenvalue weighted by molar-refractivity contribution is -0.126. The van der Waals surface area contributed by atoms with Gasteiger partial charge in [-0.25, -0.2) is 0 Å². The Morgan fingerprint density at radius 2 is 1.78 bits per heavy atom. The number of fused-ring (bicyclic) bond motifs is 1. The molecule has 0 bridgehead atoms. The van der Waals surface area contributed by atoms with Gasteiger partial charge in [-0.05, 0) is 59.5 Å². The van der Waals surface area contributed by atoms with Crippen LogP contribution in [0.25, 0.3) is 10.8 Å². The summed E-state index contributed by atoms with van der Waals surface area (Å²) < 4.78 is 5.12. The molecular formula is C29H27N3O4. The molecule has 1 fully saturated rings. The summed E-state index contributed by atoms with van der Waals surface area (Å²) in [6, 6.07) is 24.2. The van der Waals surface area contributed by atoms with Crippen LogP contribution in [0.5, 0.6) is 0 Å². The Morgan fingerprint density at radius 3 is 2.64 bits per heavy atom. The molecule has 1 saturated heterocycles. The van der Waals surface area contributed by atoms with Crippen LogP contribution in [0.15, 0.2) is 89.5 Å². The highest BCUT2D eigenvalue weighted by Crippen LogP contribution is 2.24. The number of carbonyl (C=O) groups excluding carboxylic acids is 3. The van der Waals surface area contributed by atoms with Crippen molar-refractivity contribution in [2.45, 2.75) is 19.4 Å². The van der Waals surface area contributed by atoms with Crippen molar-refractivity contribution in [1.82, 2.24) is 10.2 Å². The molecule has 0 radical (unpaired) electrons. The van der Waals surface area contributed by atoms with Gasteiger partial charge >= 0.3 is 0 Å². The second-order valence-electron chi connectivity index (χ2n) is 8.97. The van der Waals surface area contributed by atoms with Gasteiger partial charge in [0.2, 0.25) is 5.91 Å². The first kappa shape index (κ1) is 23.4. The molecule has 36 heavy (non-hydrogen) atoms. The summed E-state index contributed by atoms with van der Waals surface area (Å²) in [5, 5.41) is 7.74. The van der Waals surface area contributed by atoms with Crippen LogP contribution in [0.1, 0.15) is 39.3 Å². The Morgan fingerprint density at radius 1 is 0.944 bits per heavy atom. The number of hydrogen-bond acceptors (Lipinski definition) is 4. The lowest BCUT2D eigenvalue weighted by Crippen LogP contribution is -2.45. The number of anilines is 1. The number of nitrogens with zero attached hydrogens (tertiary/aromatic N) is 1. The number of piperidine rings is 1. The Labute approximate surface area is 209 Å². The van der Waals surface area contributed by atoms with Gasteiger partial charge in [-0.3, -0.25) is 14.4 Å². The number of benzene rings is 3. The van der Waals surface area contributed by atoms with Crippen molar-refractivity contribution in [3.8, 4) is 0 Å². The fourth-order valence-corrected chi connectivity index (χ4v) is 4.65. The first-order valence-corrected chi connectivity index (χ1v) is 12.1. The highest BCUT2D eigenvalue weighted by molar-refractivity contribution is 6.07. The van der Waals surface area contributed by atoms with E-state index in [1.807, 2.05) is 60.7 Å². The van der Waals surface area contributed by atoms with Gasteiger partial charge in [-0.1, -0.05) is 48.5 Å². The second kappa shape index (κ2) is 10.5. The molecule has 7 nitrogen and oxygen atoms in total. The van der Waals surface area contributed by atoms with Crippen LogP contribution in [0, 0.1) is 5.92 Å². The molecule has 1 aromatic heterocycles. The molecule has 2 N–H and O–H groups in total. The predicted octanol–water partition coefficient (Wildman–Crippen LogP) is 4.85. The van der Waals surface area contributed by atoms with Crippen molar-refractivity contribution in [2.24, 2.45) is 5.92 Å². The molecule has 0 aliphatic carbocycles. The fourth-order valence-electron chi connectivity index (χ4n) is 4.65. The molecule has 3 aromatic carbocycles. The summed E-state index contributed by atoms with van der Waals surface area (Å²) in [5.41, 5.74) is 2.15. The topological polar surface area (TPSA) is 91.7 Å². The number of likely N-dealkylation sites (tertiary alicyclic amines) is 1. The minimum Gasteiger partial charge on any atom is -0.459 e. The van der Waals surface area contributed by atoms with E-state index in [1.54, 1.807) is 23.1 Å². The predicted molar refractivity (Wildman–Crippen MR) is 138 cm³/mol. The molecule has 2 heterocycles.